The normalized spacial score (nSPS) is 29.9. The molecule has 0 bridgehead atoms. The van der Waals surface area contributed by atoms with Crippen molar-refractivity contribution in [1.29, 1.82) is 0 Å². The number of hydrogen-bond acceptors (Lipinski definition) is 7. The highest BCUT2D eigenvalue weighted by atomic mass is 19.4. The van der Waals surface area contributed by atoms with Gasteiger partial charge in [0.25, 0.3) is 6.04 Å². The van der Waals surface area contributed by atoms with Crippen molar-refractivity contribution < 1.29 is 42.6 Å². The molecular weight excluding hydrogens is 399 g/mol. The smallest absolute Gasteiger partial charge is 0.416 e. The fourth-order valence-corrected chi connectivity index (χ4v) is 3.76. The molecule has 29 heavy (non-hydrogen) atoms. The van der Waals surface area contributed by atoms with E-state index in [1.54, 1.807) is 0 Å². The highest BCUT2D eigenvalue weighted by molar-refractivity contribution is 5.89. The minimum atomic E-state index is -4.59. The molecule has 0 amide bonds. The van der Waals surface area contributed by atoms with E-state index in [0.717, 1.165) is 31.2 Å². The molecule has 0 aliphatic heterocycles. The van der Waals surface area contributed by atoms with E-state index in [4.69, 9.17) is 4.74 Å². The van der Waals surface area contributed by atoms with Gasteiger partial charge in [-0.1, -0.05) is 12.1 Å². The van der Waals surface area contributed by atoms with Gasteiger partial charge in [-0.3, -0.25) is 14.9 Å². The van der Waals surface area contributed by atoms with E-state index >= 15 is 0 Å². The SMILES string of the molecule is CCOC(=O)[C@]1(O)C[C@H](c2ccc(C(F)(F)F)cc2)C[C@](O)(C(C)=O)[C@H]1[N+](=O)[O-]. The summed E-state index contributed by atoms with van der Waals surface area (Å²) in [4.78, 5) is 34.9. The lowest BCUT2D eigenvalue weighted by atomic mass is 9.63. The summed E-state index contributed by atoms with van der Waals surface area (Å²) < 4.78 is 43.1. The molecule has 11 heteroatoms. The van der Waals surface area contributed by atoms with E-state index in [2.05, 4.69) is 0 Å². The zero-order chi connectivity index (χ0) is 22.2. The first-order valence-corrected chi connectivity index (χ1v) is 8.71. The Balaban J connectivity index is 2.55. The molecule has 2 N–H and O–H groups in total. The van der Waals surface area contributed by atoms with E-state index in [-0.39, 0.29) is 12.2 Å². The summed E-state index contributed by atoms with van der Waals surface area (Å²) in [6.45, 7) is 2.04. The maximum atomic E-state index is 12.8. The Morgan fingerprint density at radius 1 is 1.21 bits per heavy atom. The van der Waals surface area contributed by atoms with E-state index < -0.39 is 64.4 Å². The Morgan fingerprint density at radius 3 is 2.14 bits per heavy atom. The van der Waals surface area contributed by atoms with Crippen LogP contribution in [0.1, 0.15) is 43.7 Å². The molecule has 0 aromatic heterocycles. The summed E-state index contributed by atoms with van der Waals surface area (Å²) in [5.74, 6) is -3.46. The number of ketones is 1. The molecule has 1 fully saturated rings. The van der Waals surface area contributed by atoms with Crippen LogP contribution in [-0.2, 0) is 20.5 Å². The number of halogens is 3. The first-order valence-electron chi connectivity index (χ1n) is 8.71. The van der Waals surface area contributed by atoms with Gasteiger partial charge in [0.2, 0.25) is 5.60 Å². The number of nitrogens with zero attached hydrogens (tertiary/aromatic N) is 1. The second kappa shape index (κ2) is 7.71. The van der Waals surface area contributed by atoms with Gasteiger partial charge in [0.1, 0.15) is 0 Å². The van der Waals surface area contributed by atoms with Crippen molar-refractivity contribution in [2.75, 3.05) is 6.61 Å². The molecule has 1 aromatic carbocycles. The van der Waals surface area contributed by atoms with Crippen molar-refractivity contribution in [3.8, 4) is 0 Å². The van der Waals surface area contributed by atoms with Crippen LogP contribution in [0.15, 0.2) is 24.3 Å². The minimum Gasteiger partial charge on any atom is -0.464 e. The standard InChI is InChI=1S/C18H20F3NO7/c1-3-29-15(24)17(26)9-12(8-16(25,10(2)23)14(17)22(27)28)11-4-6-13(7-5-11)18(19,20)21/h4-7,12,14,25-26H,3,8-9H2,1-2H3/t12-,14-,16+,17+/m1/s1. The quantitative estimate of drug-likeness (QED) is 0.424. The number of aliphatic hydroxyl groups is 2. The number of rotatable bonds is 5. The molecule has 0 radical (unpaired) electrons. The topological polar surface area (TPSA) is 127 Å². The van der Waals surface area contributed by atoms with Crippen molar-refractivity contribution in [1.82, 2.24) is 0 Å². The molecule has 0 unspecified atom stereocenters. The number of benzene rings is 1. The Bertz CT molecular complexity index is 811. The molecule has 0 heterocycles. The van der Waals surface area contributed by atoms with Crippen molar-refractivity contribution >= 4 is 11.8 Å². The van der Waals surface area contributed by atoms with Crippen LogP contribution in [0.4, 0.5) is 13.2 Å². The van der Waals surface area contributed by atoms with Crippen LogP contribution in [0, 0.1) is 10.1 Å². The number of esters is 1. The van der Waals surface area contributed by atoms with Crippen LogP contribution in [0.25, 0.3) is 0 Å². The van der Waals surface area contributed by atoms with Gasteiger partial charge in [0.05, 0.1) is 12.2 Å². The Hall–Kier alpha value is -2.53. The zero-order valence-electron chi connectivity index (χ0n) is 15.6. The van der Waals surface area contributed by atoms with Gasteiger partial charge < -0.3 is 14.9 Å². The lowest BCUT2D eigenvalue weighted by molar-refractivity contribution is -0.565. The van der Waals surface area contributed by atoms with Crippen molar-refractivity contribution in [2.24, 2.45) is 0 Å². The van der Waals surface area contributed by atoms with Gasteiger partial charge in [-0.05, 0) is 43.9 Å². The van der Waals surface area contributed by atoms with Crippen LogP contribution >= 0.6 is 0 Å². The summed E-state index contributed by atoms with van der Waals surface area (Å²) in [5.41, 5.74) is -6.35. The fourth-order valence-electron chi connectivity index (χ4n) is 3.76. The van der Waals surface area contributed by atoms with E-state index in [1.807, 2.05) is 0 Å². The predicted octanol–water partition coefficient (Wildman–Crippen LogP) is 1.84. The van der Waals surface area contributed by atoms with Gasteiger partial charge in [0.15, 0.2) is 11.4 Å². The fraction of sp³-hybridized carbons (Fsp3) is 0.556. The van der Waals surface area contributed by atoms with Gasteiger partial charge in [0, 0.05) is 11.3 Å². The maximum absolute atomic E-state index is 12.8. The number of alkyl halides is 3. The molecule has 0 saturated heterocycles. The van der Waals surface area contributed by atoms with Crippen molar-refractivity contribution in [3.63, 3.8) is 0 Å². The first kappa shape index (κ1) is 22.8. The number of carbonyl (C=O) groups is 2. The van der Waals surface area contributed by atoms with Gasteiger partial charge >= 0.3 is 12.1 Å². The average Bonchev–Trinajstić information content (AvgIpc) is 2.60. The van der Waals surface area contributed by atoms with E-state index in [9.17, 15) is 43.1 Å². The molecule has 4 atom stereocenters. The highest BCUT2D eigenvalue weighted by Crippen LogP contribution is 2.46. The summed E-state index contributed by atoms with van der Waals surface area (Å²) in [5, 5.41) is 33.3. The highest BCUT2D eigenvalue weighted by Gasteiger charge is 2.69. The lowest BCUT2D eigenvalue weighted by Crippen LogP contribution is -2.70. The third-order valence-electron chi connectivity index (χ3n) is 5.18. The lowest BCUT2D eigenvalue weighted by Gasteiger charge is -2.44. The average molecular weight is 419 g/mol. The van der Waals surface area contributed by atoms with Crippen molar-refractivity contribution in [2.45, 2.75) is 56.0 Å². The third kappa shape index (κ3) is 4.10. The molecular formula is C18H20F3NO7. The number of Topliss-reactive ketones (excluding diaryl/α,β-unsaturated/α-hetero) is 1. The van der Waals surface area contributed by atoms with E-state index in [1.165, 1.54) is 6.92 Å². The molecule has 2 rings (SSSR count). The van der Waals surface area contributed by atoms with Crippen LogP contribution < -0.4 is 0 Å². The molecule has 1 aromatic rings. The van der Waals surface area contributed by atoms with E-state index in [0.29, 0.717) is 0 Å². The second-order valence-corrected chi connectivity index (χ2v) is 7.04. The molecule has 1 aliphatic rings. The maximum Gasteiger partial charge on any atom is 0.416 e. The summed E-state index contributed by atoms with van der Waals surface area (Å²) >= 11 is 0. The minimum absolute atomic E-state index is 0.169. The van der Waals surface area contributed by atoms with Gasteiger partial charge in [-0.25, -0.2) is 4.79 Å². The second-order valence-electron chi connectivity index (χ2n) is 7.04. The summed E-state index contributed by atoms with van der Waals surface area (Å²) in [6, 6.07) is 1.30. The van der Waals surface area contributed by atoms with Gasteiger partial charge in [-0.2, -0.15) is 13.2 Å². The molecule has 8 nitrogen and oxygen atoms in total. The molecule has 0 spiro atoms. The van der Waals surface area contributed by atoms with Crippen LogP contribution in [0.2, 0.25) is 0 Å². The number of ether oxygens (including phenoxy) is 1. The molecule has 160 valence electrons. The van der Waals surface area contributed by atoms with Crippen LogP contribution in [0.3, 0.4) is 0 Å². The predicted molar refractivity (Wildman–Crippen MR) is 91.4 cm³/mol. The van der Waals surface area contributed by atoms with Crippen molar-refractivity contribution in [3.05, 3.63) is 45.5 Å². The van der Waals surface area contributed by atoms with Gasteiger partial charge in [-0.15, -0.1) is 0 Å². The Morgan fingerprint density at radius 2 is 1.72 bits per heavy atom. The summed E-state index contributed by atoms with van der Waals surface area (Å²) in [6.07, 6.45) is -5.76. The van der Waals surface area contributed by atoms with Crippen LogP contribution in [0.5, 0.6) is 0 Å². The molecule has 1 saturated carbocycles. The number of hydrogen-bond donors (Lipinski definition) is 2. The summed E-state index contributed by atoms with van der Waals surface area (Å²) in [7, 11) is 0. The Labute approximate surface area is 163 Å². The third-order valence-corrected chi connectivity index (χ3v) is 5.18. The Kier molecular flexibility index (Phi) is 6.05. The van der Waals surface area contributed by atoms with Crippen LogP contribution in [-0.4, -0.2) is 50.7 Å². The monoisotopic (exact) mass is 419 g/mol. The number of nitro groups is 1. The first-order chi connectivity index (χ1) is 13.3. The zero-order valence-corrected chi connectivity index (χ0v) is 15.6. The molecule has 1 aliphatic carbocycles. The largest absolute Gasteiger partial charge is 0.464 e. The number of carbonyl (C=O) groups excluding carboxylic acids is 2.